The first-order valence-corrected chi connectivity index (χ1v) is 3.83. The predicted molar refractivity (Wildman–Crippen MR) is 52.5 cm³/mol. The van der Waals surface area contributed by atoms with Gasteiger partial charge in [-0.3, -0.25) is 0 Å². The van der Waals surface area contributed by atoms with Crippen LogP contribution in [-0.2, 0) is 0 Å². The third-order valence-electron chi connectivity index (χ3n) is 1.18. The average Bonchev–Trinajstić information content (AvgIpc) is 1.97. The molecule has 0 aliphatic heterocycles. The minimum absolute atomic E-state index is 0.608. The molecule has 0 radical (unpaired) electrons. The first kappa shape index (κ1) is 9.96. The maximum atomic E-state index is 3.75. The van der Waals surface area contributed by atoms with Crippen LogP contribution in [-0.4, -0.2) is 0 Å². The maximum absolute atomic E-state index is 3.75. The first-order valence-electron chi connectivity index (χ1n) is 3.83. The second-order valence-corrected chi connectivity index (χ2v) is 2.77. The van der Waals surface area contributed by atoms with Gasteiger partial charge in [-0.1, -0.05) is 57.4 Å². The third kappa shape index (κ3) is 6.85. The fraction of sp³-hybridized carbons (Fsp3) is 0.273. The Hall–Kier alpha value is -1.04. The smallest absolute Gasteiger partial charge is 0.0287 e. The van der Waals surface area contributed by atoms with E-state index in [1.165, 1.54) is 0 Å². The molecule has 0 heteroatoms. The number of hydrogen-bond donors (Lipinski definition) is 0. The van der Waals surface area contributed by atoms with Gasteiger partial charge < -0.3 is 0 Å². The van der Waals surface area contributed by atoms with Crippen LogP contribution in [0, 0.1) is 5.92 Å². The highest BCUT2D eigenvalue weighted by molar-refractivity contribution is 5.27. The van der Waals surface area contributed by atoms with E-state index in [0.717, 1.165) is 5.57 Å². The predicted octanol–water partition coefficient (Wildman–Crippen LogP) is 3.50. The Morgan fingerprint density at radius 3 is 2.36 bits per heavy atom. The summed E-state index contributed by atoms with van der Waals surface area (Å²) >= 11 is 0. The summed E-state index contributed by atoms with van der Waals surface area (Å²) in [6.45, 7) is 11.6. The summed E-state index contributed by atoms with van der Waals surface area (Å²) in [5, 5.41) is 0. The molecule has 0 aromatic rings. The zero-order chi connectivity index (χ0) is 8.69. The highest BCUT2D eigenvalue weighted by atomic mass is 13.9. The number of rotatable bonds is 4. The van der Waals surface area contributed by atoms with Crippen molar-refractivity contribution >= 4 is 0 Å². The molecule has 0 bridgehead atoms. The summed E-state index contributed by atoms with van der Waals surface area (Å²) in [6.07, 6.45) is 9.81. The normalized spacial score (nSPS) is 11.5. The van der Waals surface area contributed by atoms with Crippen molar-refractivity contribution in [2.75, 3.05) is 0 Å². The van der Waals surface area contributed by atoms with Gasteiger partial charge in [-0.2, -0.15) is 0 Å². The van der Waals surface area contributed by atoms with Gasteiger partial charge in [0, 0.05) is 0 Å². The van der Waals surface area contributed by atoms with Gasteiger partial charge in [-0.15, -0.1) is 0 Å². The van der Waals surface area contributed by atoms with Crippen LogP contribution in [0.15, 0.2) is 49.1 Å². The van der Waals surface area contributed by atoms with E-state index in [1.54, 1.807) is 6.08 Å². The summed E-state index contributed by atoms with van der Waals surface area (Å²) in [5.41, 5.74) is 0.943. The standard InChI is InChI=1S/C11H16/c1-5-11(4)9-7-6-8-10(2)3/h5-10H,1,4H2,2-3H3/b8-6-,9-7-. The van der Waals surface area contributed by atoms with Gasteiger partial charge in [0.05, 0.1) is 0 Å². The van der Waals surface area contributed by atoms with Gasteiger partial charge in [-0.05, 0) is 11.5 Å². The fourth-order valence-electron chi connectivity index (χ4n) is 0.534. The van der Waals surface area contributed by atoms with E-state index in [0.29, 0.717) is 5.92 Å². The van der Waals surface area contributed by atoms with E-state index in [1.807, 2.05) is 18.2 Å². The molecule has 0 N–H and O–H groups in total. The molecule has 11 heavy (non-hydrogen) atoms. The lowest BCUT2D eigenvalue weighted by Crippen LogP contribution is -1.74. The van der Waals surface area contributed by atoms with Crippen LogP contribution in [0.5, 0.6) is 0 Å². The highest BCUT2D eigenvalue weighted by Crippen LogP contribution is 1.96. The Labute approximate surface area is 69.6 Å². The van der Waals surface area contributed by atoms with Crippen LogP contribution < -0.4 is 0 Å². The zero-order valence-corrected chi connectivity index (χ0v) is 7.38. The van der Waals surface area contributed by atoms with Gasteiger partial charge in [0.2, 0.25) is 0 Å². The molecule has 60 valence electrons. The molecule has 0 saturated heterocycles. The van der Waals surface area contributed by atoms with Crippen molar-refractivity contribution in [3.8, 4) is 0 Å². The number of hydrogen-bond acceptors (Lipinski definition) is 0. The van der Waals surface area contributed by atoms with Crippen LogP contribution in [0.3, 0.4) is 0 Å². The largest absolute Gasteiger partial charge is 0.0985 e. The molecule has 0 fully saturated rings. The third-order valence-corrected chi connectivity index (χ3v) is 1.18. The van der Waals surface area contributed by atoms with Crippen LogP contribution in [0.4, 0.5) is 0 Å². The van der Waals surface area contributed by atoms with E-state index in [9.17, 15) is 0 Å². The Morgan fingerprint density at radius 1 is 1.27 bits per heavy atom. The Bertz CT molecular complexity index is 180. The monoisotopic (exact) mass is 148 g/mol. The Kier molecular flexibility index (Phi) is 5.18. The zero-order valence-electron chi connectivity index (χ0n) is 7.38. The van der Waals surface area contributed by atoms with Crippen LogP contribution >= 0.6 is 0 Å². The molecule has 0 aromatic carbocycles. The van der Waals surface area contributed by atoms with Crippen LogP contribution in [0.25, 0.3) is 0 Å². The quantitative estimate of drug-likeness (QED) is 0.535. The molecular formula is C11H16. The van der Waals surface area contributed by atoms with Crippen molar-refractivity contribution in [1.29, 1.82) is 0 Å². The average molecular weight is 148 g/mol. The highest BCUT2D eigenvalue weighted by Gasteiger charge is 1.79. The second kappa shape index (κ2) is 5.72. The van der Waals surface area contributed by atoms with Crippen LogP contribution in [0.1, 0.15) is 13.8 Å². The van der Waals surface area contributed by atoms with Crippen molar-refractivity contribution in [1.82, 2.24) is 0 Å². The molecule has 0 heterocycles. The molecule has 0 rings (SSSR count). The molecule has 0 nitrogen and oxygen atoms in total. The van der Waals surface area contributed by atoms with E-state index in [4.69, 9.17) is 0 Å². The molecule has 0 unspecified atom stereocenters. The molecule has 0 saturated carbocycles. The minimum Gasteiger partial charge on any atom is -0.0985 e. The summed E-state index contributed by atoms with van der Waals surface area (Å²) in [7, 11) is 0. The molecule has 0 amide bonds. The van der Waals surface area contributed by atoms with Crippen molar-refractivity contribution in [2.45, 2.75) is 13.8 Å². The van der Waals surface area contributed by atoms with Gasteiger partial charge in [-0.25, -0.2) is 0 Å². The fourth-order valence-corrected chi connectivity index (χ4v) is 0.534. The molecule has 0 spiro atoms. The van der Waals surface area contributed by atoms with Gasteiger partial charge >= 0.3 is 0 Å². The van der Waals surface area contributed by atoms with E-state index in [2.05, 4.69) is 33.1 Å². The van der Waals surface area contributed by atoms with Crippen molar-refractivity contribution in [3.05, 3.63) is 49.1 Å². The molecule has 0 aromatic heterocycles. The first-order chi connectivity index (χ1) is 5.16. The van der Waals surface area contributed by atoms with Gasteiger partial charge in [0.1, 0.15) is 0 Å². The van der Waals surface area contributed by atoms with Crippen molar-refractivity contribution < 1.29 is 0 Å². The Balaban J connectivity index is 3.77. The van der Waals surface area contributed by atoms with Gasteiger partial charge in [0.15, 0.2) is 0 Å². The summed E-state index contributed by atoms with van der Waals surface area (Å²) in [5.74, 6) is 0.608. The molecule has 0 atom stereocenters. The SMILES string of the molecule is C=CC(=C)/C=C\C=C/C(C)C. The van der Waals surface area contributed by atoms with E-state index in [-0.39, 0.29) is 0 Å². The second-order valence-electron chi connectivity index (χ2n) is 2.77. The number of allylic oxidation sites excluding steroid dienone is 6. The Morgan fingerprint density at radius 2 is 1.91 bits per heavy atom. The minimum atomic E-state index is 0.608. The lowest BCUT2D eigenvalue weighted by molar-refractivity contribution is 0.832. The van der Waals surface area contributed by atoms with Crippen molar-refractivity contribution in [3.63, 3.8) is 0 Å². The summed E-state index contributed by atoms with van der Waals surface area (Å²) < 4.78 is 0. The maximum Gasteiger partial charge on any atom is -0.0287 e. The molecule has 0 aliphatic rings. The lowest BCUT2D eigenvalue weighted by atomic mass is 10.2. The molecule has 0 aliphatic carbocycles. The topological polar surface area (TPSA) is 0 Å². The lowest BCUT2D eigenvalue weighted by Gasteiger charge is -1.89. The van der Waals surface area contributed by atoms with E-state index < -0.39 is 0 Å². The molecular weight excluding hydrogens is 132 g/mol. The van der Waals surface area contributed by atoms with Gasteiger partial charge in [0.25, 0.3) is 0 Å². The summed E-state index contributed by atoms with van der Waals surface area (Å²) in [4.78, 5) is 0. The summed E-state index contributed by atoms with van der Waals surface area (Å²) in [6, 6.07) is 0. The van der Waals surface area contributed by atoms with Crippen molar-refractivity contribution in [2.24, 2.45) is 5.92 Å². The van der Waals surface area contributed by atoms with Crippen LogP contribution in [0.2, 0.25) is 0 Å². The van der Waals surface area contributed by atoms with E-state index >= 15 is 0 Å².